The molecule has 1 atom stereocenters. The first-order chi connectivity index (χ1) is 29.0. The van der Waals surface area contributed by atoms with Crippen LogP contribution in [0.2, 0.25) is 0 Å². The molecule has 0 bridgehead atoms. The Morgan fingerprint density at radius 2 is 0.661 bits per heavy atom. The summed E-state index contributed by atoms with van der Waals surface area (Å²) in [6.45, 7) is 6.34. The van der Waals surface area contributed by atoms with Crippen LogP contribution in [0.1, 0.15) is 213 Å². The number of unbranched alkanes of at least 4 members (excludes halogenated alkanes) is 17. The first kappa shape index (κ1) is 55.6. The second-order valence-corrected chi connectivity index (χ2v) is 15.6. The molecule has 59 heavy (non-hydrogen) atoms. The summed E-state index contributed by atoms with van der Waals surface area (Å²) in [5.41, 5.74) is 0. The number of carbonyl (C=O) groups is 3. The van der Waals surface area contributed by atoms with E-state index in [9.17, 15) is 14.4 Å². The fourth-order valence-electron chi connectivity index (χ4n) is 6.33. The van der Waals surface area contributed by atoms with Crippen molar-refractivity contribution in [1.29, 1.82) is 0 Å². The minimum atomic E-state index is -0.799. The zero-order valence-electron chi connectivity index (χ0n) is 38.2. The number of ether oxygens (including phenoxy) is 3. The van der Waals surface area contributed by atoms with E-state index in [-0.39, 0.29) is 37.5 Å². The van der Waals surface area contributed by atoms with Crippen LogP contribution in [0.25, 0.3) is 0 Å². The summed E-state index contributed by atoms with van der Waals surface area (Å²) in [4.78, 5) is 37.8. The van der Waals surface area contributed by atoms with E-state index in [0.717, 1.165) is 122 Å². The topological polar surface area (TPSA) is 78.9 Å². The van der Waals surface area contributed by atoms with Gasteiger partial charge in [0.25, 0.3) is 0 Å². The highest BCUT2D eigenvalue weighted by Gasteiger charge is 2.19. The van der Waals surface area contributed by atoms with Gasteiger partial charge in [0, 0.05) is 19.3 Å². The van der Waals surface area contributed by atoms with E-state index in [4.69, 9.17) is 14.2 Å². The highest BCUT2D eigenvalue weighted by atomic mass is 16.6. The second kappa shape index (κ2) is 47.3. The number of hydrogen-bond acceptors (Lipinski definition) is 6. The van der Waals surface area contributed by atoms with E-state index in [2.05, 4.69) is 106 Å². The van der Waals surface area contributed by atoms with E-state index in [1.807, 2.05) is 0 Å². The molecule has 0 aliphatic heterocycles. The molecular weight excluding hydrogens is 733 g/mol. The van der Waals surface area contributed by atoms with E-state index < -0.39 is 6.10 Å². The molecule has 0 amide bonds. The van der Waals surface area contributed by atoms with Crippen molar-refractivity contribution in [2.45, 2.75) is 219 Å². The molecule has 0 aliphatic rings. The third kappa shape index (κ3) is 45.5. The highest BCUT2D eigenvalue weighted by Crippen LogP contribution is 2.13. The lowest BCUT2D eigenvalue weighted by molar-refractivity contribution is -0.167. The predicted molar refractivity (Wildman–Crippen MR) is 251 cm³/mol. The average molecular weight is 821 g/mol. The Morgan fingerprint density at radius 3 is 1.05 bits per heavy atom. The number of allylic oxidation sites excluding steroid dienone is 14. The van der Waals surface area contributed by atoms with Crippen LogP contribution in [0.5, 0.6) is 0 Å². The Hall–Kier alpha value is -3.41. The normalized spacial score (nSPS) is 12.8. The molecule has 0 N–H and O–H groups in total. The van der Waals surface area contributed by atoms with Gasteiger partial charge in [0.15, 0.2) is 6.10 Å². The Bertz CT molecular complexity index is 1170. The van der Waals surface area contributed by atoms with Crippen molar-refractivity contribution >= 4 is 17.9 Å². The molecule has 6 heteroatoms. The van der Waals surface area contributed by atoms with Gasteiger partial charge in [-0.1, -0.05) is 189 Å². The summed E-state index contributed by atoms with van der Waals surface area (Å²) < 4.78 is 16.7. The van der Waals surface area contributed by atoms with Gasteiger partial charge in [0.1, 0.15) is 13.2 Å². The molecule has 0 spiro atoms. The van der Waals surface area contributed by atoms with E-state index in [1.54, 1.807) is 0 Å². The van der Waals surface area contributed by atoms with Crippen molar-refractivity contribution in [2.24, 2.45) is 0 Å². The fourth-order valence-corrected chi connectivity index (χ4v) is 6.33. The number of hydrogen-bond donors (Lipinski definition) is 0. The Morgan fingerprint density at radius 1 is 0.356 bits per heavy atom. The lowest BCUT2D eigenvalue weighted by Gasteiger charge is -2.18. The van der Waals surface area contributed by atoms with Gasteiger partial charge >= 0.3 is 17.9 Å². The summed E-state index contributed by atoms with van der Waals surface area (Å²) >= 11 is 0. The molecule has 0 heterocycles. The van der Waals surface area contributed by atoms with Gasteiger partial charge in [0.05, 0.1) is 0 Å². The van der Waals surface area contributed by atoms with Crippen LogP contribution < -0.4 is 0 Å². The molecule has 0 rings (SSSR count). The zero-order valence-corrected chi connectivity index (χ0v) is 38.2. The Balaban J connectivity index is 4.46. The van der Waals surface area contributed by atoms with E-state index >= 15 is 0 Å². The lowest BCUT2D eigenvalue weighted by atomic mass is 10.1. The molecule has 0 fully saturated rings. The van der Waals surface area contributed by atoms with Gasteiger partial charge < -0.3 is 14.2 Å². The fraction of sp³-hybridized carbons (Fsp3) is 0.679. The van der Waals surface area contributed by atoms with Crippen LogP contribution in [0, 0.1) is 0 Å². The standard InChI is InChI=1S/C53H88O6/c1-4-7-10-13-16-19-22-24-25-26-27-29-31-34-37-40-43-46-52(55)58-49-50(48-57-51(54)45-42-39-36-33-30-21-18-15-12-9-6-3)59-53(56)47-44-41-38-35-32-28-23-20-17-14-11-8-5-2/h7-8,10-11,16-17,19-20,24-25,27-29,32,50H,4-6,9,12-15,18,21-23,26,30-31,33-49H2,1-3H3/b10-7-,11-8-,19-16-,20-17-,25-24-,29-27-,32-28-. The first-order valence-corrected chi connectivity index (χ1v) is 24.1. The summed E-state index contributed by atoms with van der Waals surface area (Å²) in [7, 11) is 0. The van der Waals surface area contributed by atoms with Gasteiger partial charge in [0.2, 0.25) is 0 Å². The molecule has 336 valence electrons. The number of carbonyl (C=O) groups excluding carboxylic acids is 3. The monoisotopic (exact) mass is 821 g/mol. The van der Waals surface area contributed by atoms with Crippen LogP contribution in [0.15, 0.2) is 85.1 Å². The molecule has 0 aliphatic carbocycles. The maximum Gasteiger partial charge on any atom is 0.306 e. The first-order valence-electron chi connectivity index (χ1n) is 24.1. The quantitative estimate of drug-likeness (QED) is 0.0264. The summed E-state index contributed by atoms with van der Waals surface area (Å²) in [5, 5.41) is 0. The minimum Gasteiger partial charge on any atom is -0.462 e. The summed E-state index contributed by atoms with van der Waals surface area (Å²) in [5.74, 6) is -0.955. The Kier molecular flexibility index (Phi) is 44.5. The van der Waals surface area contributed by atoms with Gasteiger partial charge in [-0.25, -0.2) is 0 Å². The smallest absolute Gasteiger partial charge is 0.306 e. The van der Waals surface area contributed by atoms with Crippen LogP contribution in [0.3, 0.4) is 0 Å². The number of rotatable bonds is 42. The average Bonchev–Trinajstić information content (AvgIpc) is 3.23. The lowest BCUT2D eigenvalue weighted by Crippen LogP contribution is -2.30. The summed E-state index contributed by atoms with van der Waals surface area (Å²) in [6.07, 6.45) is 59.9. The van der Waals surface area contributed by atoms with Crippen molar-refractivity contribution in [3.05, 3.63) is 85.1 Å². The zero-order chi connectivity index (χ0) is 43.0. The molecule has 0 radical (unpaired) electrons. The molecule has 0 aromatic rings. The molecule has 6 nitrogen and oxygen atoms in total. The molecule has 0 aromatic heterocycles. The predicted octanol–water partition coefficient (Wildman–Crippen LogP) is 15.6. The SMILES string of the molecule is CC/C=C\C/C=C\C/C=C\C/C=C\CCCCCCC(=O)OCC(COC(=O)CCCCCCCCCCCCC)OC(=O)CCCCC/C=C\C/C=C\C/C=C\CC. The summed E-state index contributed by atoms with van der Waals surface area (Å²) in [6, 6.07) is 0. The van der Waals surface area contributed by atoms with Crippen LogP contribution in [-0.2, 0) is 28.6 Å². The molecule has 1 unspecified atom stereocenters. The van der Waals surface area contributed by atoms with Crippen molar-refractivity contribution < 1.29 is 28.6 Å². The van der Waals surface area contributed by atoms with Crippen LogP contribution in [0.4, 0.5) is 0 Å². The van der Waals surface area contributed by atoms with Crippen molar-refractivity contribution in [3.8, 4) is 0 Å². The maximum absolute atomic E-state index is 12.7. The van der Waals surface area contributed by atoms with Crippen molar-refractivity contribution in [2.75, 3.05) is 13.2 Å². The van der Waals surface area contributed by atoms with Crippen LogP contribution >= 0.6 is 0 Å². The van der Waals surface area contributed by atoms with Gasteiger partial charge in [-0.05, 0) is 89.9 Å². The van der Waals surface area contributed by atoms with E-state index in [1.165, 1.54) is 51.4 Å². The molecular formula is C53H88O6. The van der Waals surface area contributed by atoms with Gasteiger partial charge in [-0.2, -0.15) is 0 Å². The van der Waals surface area contributed by atoms with Crippen molar-refractivity contribution in [1.82, 2.24) is 0 Å². The molecule has 0 aromatic carbocycles. The second-order valence-electron chi connectivity index (χ2n) is 15.6. The third-order valence-electron chi connectivity index (χ3n) is 9.90. The highest BCUT2D eigenvalue weighted by molar-refractivity contribution is 5.71. The van der Waals surface area contributed by atoms with Crippen LogP contribution in [-0.4, -0.2) is 37.2 Å². The Labute approximate surface area is 363 Å². The van der Waals surface area contributed by atoms with Crippen molar-refractivity contribution in [3.63, 3.8) is 0 Å². The number of esters is 3. The molecule has 0 saturated heterocycles. The third-order valence-corrected chi connectivity index (χ3v) is 9.90. The maximum atomic E-state index is 12.7. The largest absolute Gasteiger partial charge is 0.462 e. The molecule has 0 saturated carbocycles. The van der Waals surface area contributed by atoms with E-state index in [0.29, 0.717) is 12.8 Å². The minimum absolute atomic E-state index is 0.0959. The van der Waals surface area contributed by atoms with Gasteiger partial charge in [-0.15, -0.1) is 0 Å². The van der Waals surface area contributed by atoms with Gasteiger partial charge in [-0.3, -0.25) is 14.4 Å².